The Hall–Kier alpha value is -2.40. The molecule has 0 radical (unpaired) electrons. The van der Waals surface area contributed by atoms with Crippen LogP contribution >= 0.6 is 11.6 Å². The number of pyridine rings is 1. The van der Waals surface area contributed by atoms with Gasteiger partial charge in [-0.2, -0.15) is 0 Å². The second-order valence-electron chi connectivity index (χ2n) is 5.35. The summed E-state index contributed by atoms with van der Waals surface area (Å²) in [6, 6.07) is 12.6. The summed E-state index contributed by atoms with van der Waals surface area (Å²) in [5.41, 5.74) is 1.49. The molecule has 23 heavy (non-hydrogen) atoms. The zero-order valence-corrected chi connectivity index (χ0v) is 13.2. The van der Waals surface area contributed by atoms with E-state index in [4.69, 9.17) is 11.6 Å². The van der Waals surface area contributed by atoms with Gasteiger partial charge in [-0.15, -0.1) is 0 Å². The molecule has 1 aromatic carbocycles. The first kappa shape index (κ1) is 15.5. The molecule has 6 heteroatoms. The Morgan fingerprint density at radius 3 is 2.91 bits per heavy atom. The van der Waals surface area contributed by atoms with Crippen molar-refractivity contribution in [3.05, 3.63) is 59.4 Å². The van der Waals surface area contributed by atoms with E-state index >= 15 is 0 Å². The minimum Gasteiger partial charge on any atom is -0.350 e. The molecule has 0 bridgehead atoms. The number of aromatic nitrogens is 1. The second-order valence-corrected chi connectivity index (χ2v) is 5.79. The van der Waals surface area contributed by atoms with E-state index in [1.165, 1.54) is 0 Å². The minimum absolute atomic E-state index is 0.189. The molecule has 0 aliphatic carbocycles. The first-order valence-electron chi connectivity index (χ1n) is 7.40. The van der Waals surface area contributed by atoms with Gasteiger partial charge in [0.1, 0.15) is 5.92 Å². The molecule has 1 aromatic heterocycles. The summed E-state index contributed by atoms with van der Waals surface area (Å²) in [4.78, 5) is 30.5. The van der Waals surface area contributed by atoms with Crippen molar-refractivity contribution in [2.75, 3.05) is 11.4 Å². The van der Waals surface area contributed by atoms with Gasteiger partial charge < -0.3 is 10.2 Å². The number of rotatable bonds is 4. The highest BCUT2D eigenvalue weighted by molar-refractivity contribution is 6.31. The highest BCUT2D eigenvalue weighted by Gasteiger charge is 2.37. The maximum Gasteiger partial charge on any atom is 0.239 e. The lowest BCUT2D eigenvalue weighted by atomic mass is 10.1. The number of amides is 2. The molecule has 5 nitrogen and oxygen atoms in total. The summed E-state index contributed by atoms with van der Waals surface area (Å²) in [5, 5.41) is 3.35. The van der Waals surface area contributed by atoms with Crippen LogP contribution in [0.1, 0.15) is 12.1 Å². The van der Waals surface area contributed by atoms with Gasteiger partial charge in [-0.25, -0.2) is 0 Å². The van der Waals surface area contributed by atoms with Crippen molar-refractivity contribution in [3.8, 4) is 0 Å². The largest absolute Gasteiger partial charge is 0.350 e. The number of carbonyl (C=O) groups is 2. The van der Waals surface area contributed by atoms with E-state index in [-0.39, 0.29) is 11.8 Å². The summed E-state index contributed by atoms with van der Waals surface area (Å²) in [7, 11) is 0. The molecule has 1 atom stereocenters. The van der Waals surface area contributed by atoms with Crippen molar-refractivity contribution >= 4 is 29.1 Å². The van der Waals surface area contributed by atoms with Gasteiger partial charge >= 0.3 is 0 Å². The van der Waals surface area contributed by atoms with Gasteiger partial charge in [0.15, 0.2) is 0 Å². The lowest BCUT2D eigenvalue weighted by molar-refractivity contribution is -0.132. The Balaban J connectivity index is 1.63. The predicted molar refractivity (Wildman–Crippen MR) is 88.0 cm³/mol. The van der Waals surface area contributed by atoms with E-state index < -0.39 is 5.92 Å². The third-order valence-electron chi connectivity index (χ3n) is 3.81. The first-order chi connectivity index (χ1) is 11.1. The smallest absolute Gasteiger partial charge is 0.239 e. The maximum absolute atomic E-state index is 12.5. The van der Waals surface area contributed by atoms with Gasteiger partial charge in [0.25, 0.3) is 0 Å². The zero-order chi connectivity index (χ0) is 16.2. The topological polar surface area (TPSA) is 62.3 Å². The van der Waals surface area contributed by atoms with Gasteiger partial charge in [0.05, 0.1) is 12.2 Å². The Labute approximate surface area is 139 Å². The lowest BCUT2D eigenvalue weighted by Gasteiger charge is -2.17. The summed E-state index contributed by atoms with van der Waals surface area (Å²) in [6.45, 7) is 0.835. The molecular weight excluding hydrogens is 314 g/mol. The van der Waals surface area contributed by atoms with Gasteiger partial charge in [-0.3, -0.25) is 14.6 Å². The van der Waals surface area contributed by atoms with Crippen LogP contribution in [0.4, 0.5) is 5.69 Å². The molecule has 3 rings (SSSR count). The molecule has 1 unspecified atom stereocenters. The number of hydrogen-bond acceptors (Lipinski definition) is 3. The molecule has 118 valence electrons. The molecule has 0 saturated carbocycles. The molecule has 1 N–H and O–H groups in total. The Morgan fingerprint density at radius 1 is 1.30 bits per heavy atom. The third-order valence-corrected chi connectivity index (χ3v) is 4.05. The number of anilines is 1. The van der Waals surface area contributed by atoms with Crippen LogP contribution < -0.4 is 10.2 Å². The molecule has 2 aromatic rings. The molecule has 1 fully saturated rings. The number of benzene rings is 1. The van der Waals surface area contributed by atoms with Gasteiger partial charge in [-0.1, -0.05) is 23.7 Å². The number of hydrogen-bond donors (Lipinski definition) is 1. The quantitative estimate of drug-likeness (QED) is 0.876. The van der Waals surface area contributed by atoms with Crippen molar-refractivity contribution in [2.24, 2.45) is 5.92 Å². The summed E-state index contributed by atoms with van der Waals surface area (Å²) < 4.78 is 0. The minimum atomic E-state index is -0.655. The fraction of sp³-hybridized carbons (Fsp3) is 0.235. The average molecular weight is 330 g/mol. The molecule has 2 heterocycles. The van der Waals surface area contributed by atoms with Crippen LogP contribution in [0.2, 0.25) is 5.02 Å². The number of halogens is 1. The standard InChI is InChI=1S/C17H16ClN3O2/c18-12-4-3-6-14(10-12)21-9-7-15(17(21)23)16(22)20-11-13-5-1-2-8-19-13/h1-6,8,10,15H,7,9,11H2,(H,20,22). The van der Waals surface area contributed by atoms with Crippen LogP contribution in [0, 0.1) is 5.92 Å². The summed E-state index contributed by atoms with van der Waals surface area (Å²) in [5.74, 6) is -1.10. The van der Waals surface area contributed by atoms with Crippen LogP contribution in [0.3, 0.4) is 0 Å². The normalized spacial score (nSPS) is 17.3. The number of nitrogens with zero attached hydrogens (tertiary/aromatic N) is 2. The fourth-order valence-corrected chi connectivity index (χ4v) is 2.81. The van der Waals surface area contributed by atoms with Crippen molar-refractivity contribution in [3.63, 3.8) is 0 Å². The van der Waals surface area contributed by atoms with Crippen LogP contribution in [0.15, 0.2) is 48.7 Å². The van der Waals surface area contributed by atoms with Crippen molar-refractivity contribution in [1.29, 1.82) is 0 Å². The van der Waals surface area contributed by atoms with Crippen LogP contribution in [-0.2, 0) is 16.1 Å². The Kier molecular flexibility index (Phi) is 4.57. The van der Waals surface area contributed by atoms with Crippen LogP contribution in [-0.4, -0.2) is 23.3 Å². The SMILES string of the molecule is O=C(NCc1ccccn1)C1CCN(c2cccc(Cl)c2)C1=O. The molecular formula is C17H16ClN3O2. The van der Waals surface area contributed by atoms with Gasteiger partial charge in [0.2, 0.25) is 11.8 Å². The van der Waals surface area contributed by atoms with Crippen molar-refractivity contribution < 1.29 is 9.59 Å². The van der Waals surface area contributed by atoms with Crippen molar-refractivity contribution in [2.45, 2.75) is 13.0 Å². The maximum atomic E-state index is 12.5. The van der Waals surface area contributed by atoms with E-state index in [0.717, 1.165) is 11.4 Å². The first-order valence-corrected chi connectivity index (χ1v) is 7.77. The predicted octanol–water partition coefficient (Wildman–Crippen LogP) is 2.40. The van der Waals surface area contributed by atoms with Gasteiger partial charge in [-0.05, 0) is 36.8 Å². The molecule has 1 aliphatic heterocycles. The van der Waals surface area contributed by atoms with Crippen LogP contribution in [0.25, 0.3) is 0 Å². The van der Waals surface area contributed by atoms with E-state index in [2.05, 4.69) is 10.3 Å². The van der Waals surface area contributed by atoms with E-state index in [1.807, 2.05) is 24.3 Å². The van der Waals surface area contributed by atoms with Crippen molar-refractivity contribution in [1.82, 2.24) is 10.3 Å². The summed E-state index contributed by atoms with van der Waals surface area (Å²) in [6.07, 6.45) is 2.17. The highest BCUT2D eigenvalue weighted by Crippen LogP contribution is 2.27. The molecule has 1 aliphatic rings. The van der Waals surface area contributed by atoms with Gasteiger partial charge in [0, 0.05) is 23.5 Å². The number of carbonyl (C=O) groups excluding carboxylic acids is 2. The Bertz CT molecular complexity index is 721. The second kappa shape index (κ2) is 6.79. The van der Waals surface area contributed by atoms with E-state index in [9.17, 15) is 9.59 Å². The van der Waals surface area contributed by atoms with E-state index in [0.29, 0.717) is 24.5 Å². The lowest BCUT2D eigenvalue weighted by Crippen LogP contribution is -2.36. The zero-order valence-electron chi connectivity index (χ0n) is 12.4. The average Bonchev–Trinajstić information content (AvgIpc) is 2.95. The number of nitrogens with one attached hydrogen (secondary N) is 1. The fourth-order valence-electron chi connectivity index (χ4n) is 2.63. The molecule has 0 spiro atoms. The monoisotopic (exact) mass is 329 g/mol. The highest BCUT2D eigenvalue weighted by atomic mass is 35.5. The van der Waals surface area contributed by atoms with E-state index in [1.54, 1.807) is 29.3 Å². The summed E-state index contributed by atoms with van der Waals surface area (Å²) >= 11 is 5.96. The molecule has 2 amide bonds. The third kappa shape index (κ3) is 3.51. The Morgan fingerprint density at radius 2 is 2.17 bits per heavy atom. The molecule has 1 saturated heterocycles. The van der Waals surface area contributed by atoms with Crippen LogP contribution in [0.5, 0.6) is 0 Å².